The van der Waals surface area contributed by atoms with Crippen molar-refractivity contribution >= 4 is 29.2 Å². The van der Waals surface area contributed by atoms with Crippen molar-refractivity contribution in [2.75, 3.05) is 18.0 Å². The number of ether oxygens (including phenoxy) is 1. The number of anilines is 1. The van der Waals surface area contributed by atoms with E-state index in [-0.39, 0.29) is 21.1 Å². The Bertz CT molecular complexity index is 788. The smallest absolute Gasteiger partial charge is 0.406 e. The van der Waals surface area contributed by atoms with Crippen LogP contribution in [0.4, 0.5) is 19.1 Å². The largest absolute Gasteiger partial charge is 0.573 e. The molecule has 0 saturated heterocycles. The maximum absolute atomic E-state index is 12.5. The van der Waals surface area contributed by atoms with Crippen molar-refractivity contribution in [2.45, 2.75) is 46.4 Å². The average Bonchev–Trinajstić information content (AvgIpc) is 2.91. The van der Waals surface area contributed by atoms with E-state index in [0.717, 1.165) is 12.1 Å². The van der Waals surface area contributed by atoms with E-state index >= 15 is 0 Å². The lowest BCUT2D eigenvalue weighted by Gasteiger charge is -2.21. The number of rotatable bonds is 5. The number of alkyl halides is 3. The molecule has 0 saturated carbocycles. The molecule has 0 amide bonds. The molecule has 0 atom stereocenters. The maximum Gasteiger partial charge on any atom is 0.573 e. The second kappa shape index (κ2) is 7.75. The fourth-order valence-electron chi connectivity index (χ4n) is 2.42. The Morgan fingerprint density at radius 1 is 1.07 bits per heavy atom. The summed E-state index contributed by atoms with van der Waals surface area (Å²) in [7, 11) is 0. The van der Waals surface area contributed by atoms with E-state index in [9.17, 15) is 13.2 Å². The summed E-state index contributed by atoms with van der Waals surface area (Å²) in [5.41, 5.74) is -0.0939. The molecule has 0 unspecified atom stereocenters. The first-order chi connectivity index (χ1) is 12.4. The van der Waals surface area contributed by atoms with Gasteiger partial charge in [0.25, 0.3) is 0 Å². The molecular formula is C17H21Cl2F3N4O. The summed E-state index contributed by atoms with van der Waals surface area (Å²) < 4.78 is 42.8. The van der Waals surface area contributed by atoms with Gasteiger partial charge in [-0.05, 0) is 13.8 Å². The fourth-order valence-corrected chi connectivity index (χ4v) is 3.05. The van der Waals surface area contributed by atoms with Gasteiger partial charge in [-0.3, -0.25) is 0 Å². The van der Waals surface area contributed by atoms with Crippen LogP contribution in [0.15, 0.2) is 12.1 Å². The van der Waals surface area contributed by atoms with Crippen molar-refractivity contribution in [1.82, 2.24) is 14.8 Å². The molecule has 2 aromatic rings. The minimum atomic E-state index is -4.84. The molecule has 150 valence electrons. The van der Waals surface area contributed by atoms with E-state index in [1.807, 2.05) is 39.5 Å². The second-order valence-corrected chi connectivity index (χ2v) is 7.67. The van der Waals surface area contributed by atoms with Crippen LogP contribution in [-0.4, -0.2) is 34.2 Å². The van der Waals surface area contributed by atoms with Crippen LogP contribution in [0.5, 0.6) is 5.75 Å². The molecule has 2 rings (SSSR count). The number of halogens is 5. The van der Waals surface area contributed by atoms with Crippen molar-refractivity contribution in [3.63, 3.8) is 0 Å². The quantitative estimate of drug-likeness (QED) is 0.624. The van der Waals surface area contributed by atoms with Gasteiger partial charge in [-0.25, -0.2) is 0 Å². The van der Waals surface area contributed by atoms with Gasteiger partial charge in [0.15, 0.2) is 5.82 Å². The molecule has 1 heterocycles. The van der Waals surface area contributed by atoms with Crippen LogP contribution in [0.25, 0.3) is 5.69 Å². The normalized spacial score (nSPS) is 12.4. The number of hydrogen-bond acceptors (Lipinski definition) is 4. The third-order valence-corrected chi connectivity index (χ3v) is 4.32. The van der Waals surface area contributed by atoms with Crippen molar-refractivity contribution in [1.29, 1.82) is 0 Å². The van der Waals surface area contributed by atoms with Gasteiger partial charge in [-0.2, -0.15) is 9.67 Å². The number of aromatic nitrogens is 3. The van der Waals surface area contributed by atoms with Gasteiger partial charge in [0.1, 0.15) is 11.4 Å². The van der Waals surface area contributed by atoms with Crippen molar-refractivity contribution in [2.24, 2.45) is 0 Å². The first-order valence-corrected chi connectivity index (χ1v) is 9.10. The summed E-state index contributed by atoms with van der Waals surface area (Å²) in [6, 6.07) is 2.11. The maximum atomic E-state index is 12.5. The molecule has 0 aliphatic rings. The first-order valence-electron chi connectivity index (χ1n) is 8.35. The highest BCUT2D eigenvalue weighted by molar-refractivity contribution is 6.38. The molecule has 0 fully saturated rings. The Balaban J connectivity index is 2.64. The predicted molar refractivity (Wildman–Crippen MR) is 100 cm³/mol. The van der Waals surface area contributed by atoms with Gasteiger partial charge in [0.2, 0.25) is 5.95 Å². The molecule has 27 heavy (non-hydrogen) atoms. The Morgan fingerprint density at radius 2 is 1.59 bits per heavy atom. The zero-order chi connectivity index (χ0) is 20.6. The van der Waals surface area contributed by atoms with E-state index in [1.54, 1.807) is 0 Å². The number of hydrogen-bond donors (Lipinski definition) is 0. The van der Waals surface area contributed by atoms with Gasteiger partial charge in [0, 0.05) is 30.6 Å². The molecule has 5 nitrogen and oxygen atoms in total. The lowest BCUT2D eigenvalue weighted by molar-refractivity contribution is -0.274. The molecule has 0 spiro atoms. The summed E-state index contributed by atoms with van der Waals surface area (Å²) >= 11 is 12.5. The fraction of sp³-hybridized carbons (Fsp3) is 0.529. The Kier molecular flexibility index (Phi) is 6.21. The lowest BCUT2D eigenvalue weighted by atomic mass is 9.96. The van der Waals surface area contributed by atoms with Crippen LogP contribution in [0.2, 0.25) is 10.0 Å². The van der Waals surface area contributed by atoms with E-state index in [1.165, 1.54) is 4.68 Å². The standard InChI is InChI=1S/C17H21Cl2F3N4O/c1-6-25(7-2)15-23-14(16(3,4)5)24-26(15)13-11(18)8-10(9-12(13)19)27-17(20,21)22/h8-9H,6-7H2,1-5H3. The van der Waals surface area contributed by atoms with Crippen LogP contribution >= 0.6 is 23.2 Å². The zero-order valence-corrected chi connectivity index (χ0v) is 17.2. The molecule has 1 aromatic carbocycles. The molecule has 0 N–H and O–H groups in total. The summed E-state index contributed by atoms with van der Waals surface area (Å²) in [6.45, 7) is 11.1. The molecule has 1 aromatic heterocycles. The van der Waals surface area contributed by atoms with E-state index in [4.69, 9.17) is 23.2 Å². The summed E-state index contributed by atoms with van der Waals surface area (Å²) in [5.74, 6) is 0.576. The van der Waals surface area contributed by atoms with E-state index in [2.05, 4.69) is 14.8 Å². The van der Waals surface area contributed by atoms with Crippen molar-refractivity contribution < 1.29 is 17.9 Å². The van der Waals surface area contributed by atoms with E-state index < -0.39 is 12.1 Å². The van der Waals surface area contributed by atoms with Gasteiger partial charge in [-0.1, -0.05) is 44.0 Å². The predicted octanol–water partition coefficient (Wildman–Crippen LogP) is 5.62. The van der Waals surface area contributed by atoms with Crippen molar-refractivity contribution in [3.8, 4) is 11.4 Å². The highest BCUT2D eigenvalue weighted by Gasteiger charge is 2.32. The Morgan fingerprint density at radius 3 is 2.00 bits per heavy atom. The minimum Gasteiger partial charge on any atom is -0.406 e. The van der Waals surface area contributed by atoms with Gasteiger partial charge in [-0.15, -0.1) is 18.3 Å². The third-order valence-electron chi connectivity index (χ3n) is 3.74. The monoisotopic (exact) mass is 424 g/mol. The summed E-state index contributed by atoms with van der Waals surface area (Å²) in [4.78, 5) is 6.57. The summed E-state index contributed by atoms with van der Waals surface area (Å²) in [6.07, 6.45) is -4.84. The Hall–Kier alpha value is -1.67. The van der Waals surface area contributed by atoms with Crippen LogP contribution in [0.1, 0.15) is 40.4 Å². The van der Waals surface area contributed by atoms with Gasteiger partial charge in [0.05, 0.1) is 10.0 Å². The molecule has 0 radical (unpaired) electrons. The van der Waals surface area contributed by atoms with Crippen molar-refractivity contribution in [3.05, 3.63) is 28.0 Å². The first kappa shape index (κ1) is 21.6. The molecule has 10 heteroatoms. The molecule has 0 bridgehead atoms. The number of benzene rings is 1. The van der Waals surface area contributed by atoms with Gasteiger partial charge < -0.3 is 9.64 Å². The van der Waals surface area contributed by atoms with Crippen LogP contribution in [0, 0.1) is 0 Å². The minimum absolute atomic E-state index is 0.0273. The van der Waals surface area contributed by atoms with Crippen LogP contribution < -0.4 is 9.64 Å². The Labute approximate surface area is 166 Å². The molecule has 0 aliphatic carbocycles. The highest BCUT2D eigenvalue weighted by atomic mass is 35.5. The second-order valence-electron chi connectivity index (χ2n) is 6.85. The molecular weight excluding hydrogens is 404 g/mol. The third kappa shape index (κ3) is 4.99. The van der Waals surface area contributed by atoms with Crippen LogP contribution in [0.3, 0.4) is 0 Å². The number of nitrogens with zero attached hydrogens (tertiary/aromatic N) is 4. The zero-order valence-electron chi connectivity index (χ0n) is 15.7. The molecule has 0 aliphatic heterocycles. The van der Waals surface area contributed by atoms with Crippen LogP contribution in [-0.2, 0) is 5.41 Å². The highest BCUT2D eigenvalue weighted by Crippen LogP contribution is 2.37. The summed E-state index contributed by atoms with van der Waals surface area (Å²) in [5, 5.41) is 4.47. The van der Waals surface area contributed by atoms with Gasteiger partial charge >= 0.3 is 6.36 Å². The topological polar surface area (TPSA) is 43.2 Å². The van der Waals surface area contributed by atoms with E-state index in [0.29, 0.717) is 24.9 Å². The SMILES string of the molecule is CCN(CC)c1nc(C(C)(C)C)nn1-c1c(Cl)cc(OC(F)(F)F)cc1Cl. The lowest BCUT2D eigenvalue weighted by Crippen LogP contribution is -2.25. The average molecular weight is 425 g/mol.